The predicted octanol–water partition coefficient (Wildman–Crippen LogP) is 3.08. The average molecular weight is 332 g/mol. The summed E-state index contributed by atoms with van der Waals surface area (Å²) in [6.07, 6.45) is 1.94. The number of aromatic carboxylic acids is 1. The van der Waals surface area contributed by atoms with Crippen LogP contribution in [0.4, 0.5) is 5.69 Å². The number of halogens is 1. The van der Waals surface area contributed by atoms with Crippen LogP contribution in [0, 0.1) is 5.92 Å². The Morgan fingerprint density at radius 2 is 2.11 bits per heavy atom. The van der Waals surface area contributed by atoms with Crippen molar-refractivity contribution in [3.63, 3.8) is 0 Å². The fraction of sp³-hybridized carbons (Fsp3) is 0.333. The Balaban J connectivity index is 2.84. The summed E-state index contributed by atoms with van der Waals surface area (Å²) >= 11 is 4.82. The molecule has 1 rings (SSSR count). The number of benzene rings is 1. The Morgan fingerprint density at radius 3 is 2.67 bits per heavy atom. The van der Waals surface area contributed by atoms with Crippen LogP contribution in [0.25, 0.3) is 0 Å². The van der Waals surface area contributed by atoms with Crippen molar-refractivity contribution in [2.45, 2.75) is 6.92 Å². The van der Waals surface area contributed by atoms with Gasteiger partial charge in [-0.15, -0.1) is 0 Å². The van der Waals surface area contributed by atoms with Crippen LogP contribution in [0.15, 0.2) is 22.7 Å². The van der Waals surface area contributed by atoms with Crippen LogP contribution >= 0.6 is 27.7 Å². The average Bonchev–Trinajstić information content (AvgIpc) is 2.28. The molecular weight excluding hydrogens is 318 g/mol. The molecule has 0 saturated heterocycles. The predicted molar refractivity (Wildman–Crippen MR) is 77.3 cm³/mol. The molecule has 2 N–H and O–H groups in total. The Labute approximate surface area is 118 Å². The third-order valence-corrected chi connectivity index (χ3v) is 3.57. The number of hydrogen-bond donors (Lipinski definition) is 2. The van der Waals surface area contributed by atoms with E-state index in [0.717, 1.165) is 5.75 Å². The van der Waals surface area contributed by atoms with Crippen LogP contribution in [0.1, 0.15) is 17.3 Å². The number of thioether (sulfide) groups is 1. The minimum atomic E-state index is -1.02. The van der Waals surface area contributed by atoms with Crippen LogP contribution in [-0.2, 0) is 4.79 Å². The van der Waals surface area contributed by atoms with Gasteiger partial charge in [0.1, 0.15) is 0 Å². The molecule has 0 aliphatic carbocycles. The largest absolute Gasteiger partial charge is 0.478 e. The molecule has 0 spiro atoms. The summed E-state index contributed by atoms with van der Waals surface area (Å²) in [6, 6.07) is 4.61. The van der Waals surface area contributed by atoms with E-state index in [9.17, 15) is 9.59 Å². The standard InChI is InChI=1S/C12H14BrNO3S/c1-7(6-18-2)11(15)14-10-4-8(12(16)17)3-9(13)5-10/h3-5,7H,6H2,1-2H3,(H,14,15)(H,16,17). The number of carbonyl (C=O) groups excluding carboxylic acids is 1. The minimum Gasteiger partial charge on any atom is -0.478 e. The molecule has 1 aromatic carbocycles. The second-order valence-electron chi connectivity index (χ2n) is 3.88. The normalized spacial score (nSPS) is 11.9. The summed E-state index contributed by atoms with van der Waals surface area (Å²) < 4.78 is 0.621. The zero-order valence-electron chi connectivity index (χ0n) is 10.1. The molecule has 0 saturated carbocycles. The molecule has 0 heterocycles. The van der Waals surface area contributed by atoms with E-state index in [0.29, 0.717) is 10.2 Å². The molecule has 0 fully saturated rings. The van der Waals surface area contributed by atoms with E-state index in [1.54, 1.807) is 17.8 Å². The zero-order chi connectivity index (χ0) is 13.7. The van der Waals surface area contributed by atoms with Crippen molar-refractivity contribution in [1.82, 2.24) is 0 Å². The highest BCUT2D eigenvalue weighted by molar-refractivity contribution is 9.10. The van der Waals surface area contributed by atoms with Gasteiger partial charge in [0.25, 0.3) is 0 Å². The smallest absolute Gasteiger partial charge is 0.335 e. The lowest BCUT2D eigenvalue weighted by atomic mass is 10.1. The molecule has 1 amide bonds. The highest BCUT2D eigenvalue weighted by atomic mass is 79.9. The first kappa shape index (κ1) is 15.0. The van der Waals surface area contributed by atoms with Gasteiger partial charge in [-0.05, 0) is 24.5 Å². The van der Waals surface area contributed by atoms with Gasteiger partial charge in [0.2, 0.25) is 5.91 Å². The number of carboxylic acids is 1. The van der Waals surface area contributed by atoms with E-state index in [4.69, 9.17) is 5.11 Å². The first-order chi connectivity index (χ1) is 8.43. The van der Waals surface area contributed by atoms with E-state index < -0.39 is 5.97 Å². The number of carboxylic acid groups (broad SMARTS) is 1. The summed E-state index contributed by atoms with van der Waals surface area (Å²) in [7, 11) is 0. The lowest BCUT2D eigenvalue weighted by Gasteiger charge is -2.11. The minimum absolute atomic E-state index is 0.112. The second kappa shape index (κ2) is 6.80. The zero-order valence-corrected chi connectivity index (χ0v) is 12.5. The molecule has 1 unspecified atom stereocenters. The van der Waals surface area contributed by atoms with E-state index in [2.05, 4.69) is 21.2 Å². The van der Waals surface area contributed by atoms with Gasteiger partial charge in [-0.3, -0.25) is 4.79 Å². The van der Waals surface area contributed by atoms with E-state index in [1.165, 1.54) is 12.1 Å². The highest BCUT2D eigenvalue weighted by Crippen LogP contribution is 2.20. The van der Waals surface area contributed by atoms with Crippen LogP contribution in [0.5, 0.6) is 0 Å². The third kappa shape index (κ3) is 4.34. The fourth-order valence-electron chi connectivity index (χ4n) is 1.38. The van der Waals surface area contributed by atoms with Crippen molar-refractivity contribution in [1.29, 1.82) is 0 Å². The SMILES string of the molecule is CSCC(C)C(=O)Nc1cc(Br)cc(C(=O)O)c1. The molecule has 98 valence electrons. The molecule has 0 aliphatic rings. The highest BCUT2D eigenvalue weighted by Gasteiger charge is 2.13. The Bertz CT molecular complexity index is 465. The maximum atomic E-state index is 11.8. The van der Waals surface area contributed by atoms with Crippen LogP contribution in [-0.4, -0.2) is 29.0 Å². The van der Waals surface area contributed by atoms with Crippen LogP contribution < -0.4 is 5.32 Å². The molecule has 1 atom stereocenters. The van der Waals surface area contributed by atoms with Crippen LogP contribution in [0.2, 0.25) is 0 Å². The number of rotatable bonds is 5. The molecule has 1 aromatic rings. The summed E-state index contributed by atoms with van der Waals surface area (Å²) in [6.45, 7) is 1.84. The fourth-order valence-corrected chi connectivity index (χ4v) is 2.52. The van der Waals surface area contributed by atoms with Gasteiger partial charge in [-0.2, -0.15) is 11.8 Å². The molecular formula is C12H14BrNO3S. The van der Waals surface area contributed by atoms with Gasteiger partial charge in [0, 0.05) is 21.8 Å². The quantitative estimate of drug-likeness (QED) is 0.870. The maximum absolute atomic E-state index is 11.8. The van der Waals surface area contributed by atoms with Gasteiger partial charge < -0.3 is 10.4 Å². The number of anilines is 1. The lowest BCUT2D eigenvalue weighted by molar-refractivity contribution is -0.118. The first-order valence-electron chi connectivity index (χ1n) is 5.27. The number of amides is 1. The van der Waals surface area contributed by atoms with Gasteiger partial charge in [-0.1, -0.05) is 22.9 Å². The molecule has 0 radical (unpaired) electrons. The molecule has 4 nitrogen and oxygen atoms in total. The summed E-state index contributed by atoms with van der Waals surface area (Å²) in [5.74, 6) is -0.527. The molecule has 0 aromatic heterocycles. The van der Waals surface area contributed by atoms with Gasteiger partial charge >= 0.3 is 5.97 Å². The van der Waals surface area contributed by atoms with Gasteiger partial charge in [0.05, 0.1) is 5.56 Å². The maximum Gasteiger partial charge on any atom is 0.335 e. The van der Waals surface area contributed by atoms with Crippen molar-refractivity contribution in [3.05, 3.63) is 28.2 Å². The number of nitrogens with one attached hydrogen (secondary N) is 1. The number of carbonyl (C=O) groups is 2. The van der Waals surface area contributed by atoms with E-state index >= 15 is 0 Å². The van der Waals surface area contributed by atoms with Gasteiger partial charge in [-0.25, -0.2) is 4.79 Å². The van der Waals surface area contributed by atoms with Crippen molar-refractivity contribution in [2.75, 3.05) is 17.3 Å². The van der Waals surface area contributed by atoms with Crippen molar-refractivity contribution < 1.29 is 14.7 Å². The summed E-state index contributed by atoms with van der Waals surface area (Å²) in [4.78, 5) is 22.7. The Kier molecular flexibility index (Phi) is 5.68. The first-order valence-corrected chi connectivity index (χ1v) is 7.46. The molecule has 18 heavy (non-hydrogen) atoms. The molecule has 6 heteroatoms. The number of hydrogen-bond acceptors (Lipinski definition) is 3. The Hall–Kier alpha value is -1.01. The van der Waals surface area contributed by atoms with Crippen LogP contribution in [0.3, 0.4) is 0 Å². The lowest BCUT2D eigenvalue weighted by Crippen LogP contribution is -2.22. The van der Waals surface area contributed by atoms with Crippen molar-refractivity contribution >= 4 is 45.3 Å². The monoisotopic (exact) mass is 331 g/mol. The molecule has 0 aliphatic heterocycles. The second-order valence-corrected chi connectivity index (χ2v) is 5.71. The topological polar surface area (TPSA) is 66.4 Å². The third-order valence-electron chi connectivity index (χ3n) is 2.28. The summed E-state index contributed by atoms with van der Waals surface area (Å²) in [5, 5.41) is 11.6. The van der Waals surface area contributed by atoms with Crippen molar-refractivity contribution in [3.8, 4) is 0 Å². The van der Waals surface area contributed by atoms with Gasteiger partial charge in [0.15, 0.2) is 0 Å². The van der Waals surface area contributed by atoms with Crippen molar-refractivity contribution in [2.24, 2.45) is 5.92 Å². The Morgan fingerprint density at radius 1 is 1.44 bits per heavy atom. The molecule has 0 bridgehead atoms. The van der Waals surface area contributed by atoms with E-state index in [-0.39, 0.29) is 17.4 Å². The van der Waals surface area contributed by atoms with E-state index in [1.807, 2.05) is 13.2 Å². The summed E-state index contributed by atoms with van der Waals surface area (Å²) in [5.41, 5.74) is 0.622.